The fraction of sp³-hybridized carbons (Fsp3) is 0.857. The van der Waals surface area contributed by atoms with Crippen molar-refractivity contribution in [2.24, 2.45) is 5.41 Å². The van der Waals surface area contributed by atoms with Crippen molar-refractivity contribution >= 4 is 5.91 Å². The van der Waals surface area contributed by atoms with Crippen LogP contribution in [0.15, 0.2) is 0 Å². The standard InChI is InChI=1S/C7H14N2O/c1-7(2)5-8-3-4-9-6(7)10/h8H,3-5H2,1-2H3,(H,9,10). The summed E-state index contributed by atoms with van der Waals surface area (Å²) < 4.78 is 0. The van der Waals surface area contributed by atoms with E-state index in [1.54, 1.807) is 0 Å². The molecule has 0 unspecified atom stereocenters. The van der Waals surface area contributed by atoms with E-state index in [-0.39, 0.29) is 11.3 Å². The lowest BCUT2D eigenvalue weighted by atomic mass is 9.93. The Hall–Kier alpha value is -0.570. The Labute approximate surface area is 61.2 Å². The van der Waals surface area contributed by atoms with Crippen LogP contribution in [0.3, 0.4) is 0 Å². The Morgan fingerprint density at radius 2 is 2.10 bits per heavy atom. The number of amides is 1. The molecule has 3 nitrogen and oxygen atoms in total. The summed E-state index contributed by atoms with van der Waals surface area (Å²) in [5.41, 5.74) is -0.240. The van der Waals surface area contributed by atoms with E-state index in [9.17, 15) is 4.79 Å². The second-order valence-corrected chi connectivity index (χ2v) is 3.32. The lowest BCUT2D eigenvalue weighted by molar-refractivity contribution is -0.128. The van der Waals surface area contributed by atoms with Gasteiger partial charge < -0.3 is 10.6 Å². The van der Waals surface area contributed by atoms with Crippen molar-refractivity contribution < 1.29 is 4.79 Å². The topological polar surface area (TPSA) is 41.1 Å². The molecule has 0 aromatic rings. The van der Waals surface area contributed by atoms with Crippen molar-refractivity contribution in [1.82, 2.24) is 10.6 Å². The van der Waals surface area contributed by atoms with Gasteiger partial charge in [0.2, 0.25) is 5.91 Å². The molecule has 58 valence electrons. The number of hydrogen-bond acceptors (Lipinski definition) is 2. The quantitative estimate of drug-likeness (QED) is 0.489. The first kappa shape index (κ1) is 7.54. The molecule has 10 heavy (non-hydrogen) atoms. The monoisotopic (exact) mass is 142 g/mol. The summed E-state index contributed by atoms with van der Waals surface area (Å²) in [6, 6.07) is 0. The predicted molar refractivity (Wildman–Crippen MR) is 39.7 cm³/mol. The molecule has 0 radical (unpaired) electrons. The highest BCUT2D eigenvalue weighted by Gasteiger charge is 2.28. The molecule has 0 bridgehead atoms. The molecule has 1 amide bonds. The van der Waals surface area contributed by atoms with Crippen molar-refractivity contribution in [3.05, 3.63) is 0 Å². The lowest BCUT2D eigenvalue weighted by Crippen LogP contribution is -2.38. The van der Waals surface area contributed by atoms with Gasteiger partial charge in [0.05, 0.1) is 5.41 Å². The molecule has 1 fully saturated rings. The molecule has 1 aliphatic heterocycles. The van der Waals surface area contributed by atoms with Crippen molar-refractivity contribution in [1.29, 1.82) is 0 Å². The molecule has 0 aromatic carbocycles. The molecular formula is C7H14N2O. The summed E-state index contributed by atoms with van der Waals surface area (Å²) in [5, 5.41) is 6.02. The number of carbonyl (C=O) groups is 1. The summed E-state index contributed by atoms with van der Waals surface area (Å²) in [6.07, 6.45) is 0. The zero-order valence-electron chi connectivity index (χ0n) is 6.53. The van der Waals surface area contributed by atoms with Crippen molar-refractivity contribution in [2.75, 3.05) is 19.6 Å². The molecule has 0 spiro atoms. The molecule has 2 N–H and O–H groups in total. The van der Waals surface area contributed by atoms with Gasteiger partial charge in [0.25, 0.3) is 0 Å². The van der Waals surface area contributed by atoms with Gasteiger partial charge in [0, 0.05) is 19.6 Å². The third-order valence-corrected chi connectivity index (χ3v) is 1.77. The van der Waals surface area contributed by atoms with Gasteiger partial charge in [-0.2, -0.15) is 0 Å². The normalized spacial score (nSPS) is 25.2. The molecular weight excluding hydrogens is 128 g/mol. The third kappa shape index (κ3) is 1.48. The zero-order valence-corrected chi connectivity index (χ0v) is 6.53. The average Bonchev–Trinajstić information content (AvgIpc) is 1.96. The van der Waals surface area contributed by atoms with Crippen molar-refractivity contribution in [3.8, 4) is 0 Å². The van der Waals surface area contributed by atoms with Crippen LogP contribution in [0, 0.1) is 5.41 Å². The maximum absolute atomic E-state index is 11.2. The first-order valence-corrected chi connectivity index (χ1v) is 3.62. The highest BCUT2D eigenvalue weighted by molar-refractivity contribution is 5.82. The number of nitrogens with one attached hydrogen (secondary N) is 2. The maximum Gasteiger partial charge on any atom is 0.226 e. The number of carbonyl (C=O) groups excluding carboxylic acids is 1. The van der Waals surface area contributed by atoms with E-state index < -0.39 is 0 Å². The van der Waals surface area contributed by atoms with Gasteiger partial charge in [0.1, 0.15) is 0 Å². The van der Waals surface area contributed by atoms with Crippen LogP contribution in [-0.2, 0) is 4.79 Å². The highest BCUT2D eigenvalue weighted by atomic mass is 16.2. The van der Waals surface area contributed by atoms with E-state index >= 15 is 0 Å². The van der Waals surface area contributed by atoms with Crippen LogP contribution in [0.1, 0.15) is 13.8 Å². The maximum atomic E-state index is 11.2. The van der Waals surface area contributed by atoms with Gasteiger partial charge in [-0.05, 0) is 13.8 Å². The second-order valence-electron chi connectivity index (χ2n) is 3.32. The summed E-state index contributed by atoms with van der Waals surface area (Å²) in [7, 11) is 0. The Morgan fingerprint density at radius 3 is 2.80 bits per heavy atom. The van der Waals surface area contributed by atoms with Gasteiger partial charge >= 0.3 is 0 Å². The lowest BCUT2D eigenvalue weighted by Gasteiger charge is -2.19. The van der Waals surface area contributed by atoms with E-state index in [0.717, 1.165) is 19.6 Å². The van der Waals surface area contributed by atoms with Gasteiger partial charge in [-0.25, -0.2) is 0 Å². The largest absolute Gasteiger partial charge is 0.354 e. The molecule has 0 aromatic heterocycles. The summed E-state index contributed by atoms with van der Waals surface area (Å²) in [4.78, 5) is 11.2. The number of hydrogen-bond donors (Lipinski definition) is 2. The SMILES string of the molecule is CC1(C)CNCCNC1=O. The van der Waals surface area contributed by atoms with Crippen LogP contribution < -0.4 is 10.6 Å². The van der Waals surface area contributed by atoms with E-state index in [1.807, 2.05) is 13.8 Å². The fourth-order valence-corrected chi connectivity index (χ4v) is 0.985. The van der Waals surface area contributed by atoms with Crippen LogP contribution in [-0.4, -0.2) is 25.5 Å². The molecule has 3 heteroatoms. The van der Waals surface area contributed by atoms with Crippen LogP contribution in [0.5, 0.6) is 0 Å². The highest BCUT2D eigenvalue weighted by Crippen LogP contribution is 2.13. The predicted octanol–water partition coefficient (Wildman–Crippen LogP) is -0.268. The molecule has 1 aliphatic rings. The molecule has 0 atom stereocenters. The van der Waals surface area contributed by atoms with Crippen molar-refractivity contribution in [2.45, 2.75) is 13.8 Å². The first-order valence-electron chi connectivity index (χ1n) is 3.62. The van der Waals surface area contributed by atoms with Crippen LogP contribution in [0.25, 0.3) is 0 Å². The Bertz CT molecular complexity index is 143. The molecule has 1 heterocycles. The molecule has 1 rings (SSSR count). The first-order chi connectivity index (χ1) is 4.63. The minimum absolute atomic E-state index is 0.150. The van der Waals surface area contributed by atoms with Crippen molar-refractivity contribution in [3.63, 3.8) is 0 Å². The Balaban J connectivity index is 2.61. The van der Waals surface area contributed by atoms with E-state index in [4.69, 9.17) is 0 Å². The average molecular weight is 142 g/mol. The zero-order chi connectivity index (χ0) is 7.61. The van der Waals surface area contributed by atoms with Gasteiger partial charge in [-0.15, -0.1) is 0 Å². The summed E-state index contributed by atoms with van der Waals surface area (Å²) >= 11 is 0. The molecule has 0 saturated carbocycles. The smallest absolute Gasteiger partial charge is 0.226 e. The number of rotatable bonds is 0. The van der Waals surface area contributed by atoms with E-state index in [0.29, 0.717) is 0 Å². The molecule has 1 saturated heterocycles. The van der Waals surface area contributed by atoms with E-state index in [1.165, 1.54) is 0 Å². The Kier molecular flexibility index (Phi) is 1.94. The van der Waals surface area contributed by atoms with Crippen LogP contribution in [0.2, 0.25) is 0 Å². The summed E-state index contributed by atoms with van der Waals surface area (Å²) in [6.45, 7) is 6.30. The fourth-order valence-electron chi connectivity index (χ4n) is 0.985. The van der Waals surface area contributed by atoms with Gasteiger partial charge in [0.15, 0.2) is 0 Å². The second kappa shape index (κ2) is 2.58. The van der Waals surface area contributed by atoms with Gasteiger partial charge in [-0.1, -0.05) is 0 Å². The van der Waals surface area contributed by atoms with E-state index in [2.05, 4.69) is 10.6 Å². The van der Waals surface area contributed by atoms with Gasteiger partial charge in [-0.3, -0.25) is 4.79 Å². The molecule has 0 aliphatic carbocycles. The third-order valence-electron chi connectivity index (χ3n) is 1.77. The minimum atomic E-state index is -0.240. The van der Waals surface area contributed by atoms with Crippen LogP contribution in [0.4, 0.5) is 0 Å². The Morgan fingerprint density at radius 1 is 1.40 bits per heavy atom. The minimum Gasteiger partial charge on any atom is -0.354 e. The summed E-state index contributed by atoms with van der Waals surface area (Å²) in [5.74, 6) is 0.150. The van der Waals surface area contributed by atoms with Crippen LogP contribution >= 0.6 is 0 Å².